The molecule has 20 heavy (non-hydrogen) atoms. The zero-order valence-corrected chi connectivity index (χ0v) is 11.0. The molecule has 0 aromatic heterocycles. The average Bonchev–Trinajstić information content (AvgIpc) is 2.35. The van der Waals surface area contributed by atoms with Crippen molar-refractivity contribution in [3.8, 4) is 0 Å². The molecule has 0 bridgehead atoms. The number of carbonyl (C=O) groups excluding carboxylic acids is 1. The first kappa shape index (κ1) is 15.5. The lowest BCUT2D eigenvalue weighted by molar-refractivity contribution is -0.140. The summed E-state index contributed by atoms with van der Waals surface area (Å²) in [6.45, 7) is 0.771. The number of aryl methyl sites for hydroxylation is 1. The molecule has 0 aliphatic rings. The van der Waals surface area contributed by atoms with Crippen molar-refractivity contribution in [2.24, 2.45) is 0 Å². The van der Waals surface area contributed by atoms with Crippen molar-refractivity contribution < 1.29 is 24.6 Å². The van der Waals surface area contributed by atoms with Crippen molar-refractivity contribution in [2.45, 2.75) is 13.5 Å². The van der Waals surface area contributed by atoms with Crippen molar-refractivity contribution in [3.63, 3.8) is 0 Å². The Morgan fingerprint density at radius 1 is 1.10 bits per heavy atom. The molecule has 1 aromatic carbocycles. The SMILES string of the molecule is Cc1ccccc1CNC(=O)N(CC(=O)O)CC(=O)O. The number of urea groups is 1. The number of rotatable bonds is 6. The third-order valence-electron chi connectivity index (χ3n) is 2.63. The minimum absolute atomic E-state index is 0.210. The highest BCUT2D eigenvalue weighted by atomic mass is 16.4. The van der Waals surface area contributed by atoms with E-state index in [1.807, 2.05) is 31.2 Å². The highest BCUT2D eigenvalue weighted by Crippen LogP contribution is 2.06. The maximum absolute atomic E-state index is 11.8. The number of carboxylic acid groups (broad SMARTS) is 2. The van der Waals surface area contributed by atoms with E-state index in [-0.39, 0.29) is 6.54 Å². The first-order valence-electron chi connectivity index (χ1n) is 5.91. The molecule has 0 saturated heterocycles. The van der Waals surface area contributed by atoms with E-state index in [0.717, 1.165) is 16.0 Å². The van der Waals surface area contributed by atoms with Crippen molar-refractivity contribution in [1.29, 1.82) is 0 Å². The molecule has 1 aromatic rings. The van der Waals surface area contributed by atoms with Gasteiger partial charge in [0.25, 0.3) is 0 Å². The summed E-state index contributed by atoms with van der Waals surface area (Å²) in [6, 6.07) is 6.67. The van der Waals surface area contributed by atoms with Gasteiger partial charge in [-0.15, -0.1) is 0 Å². The largest absolute Gasteiger partial charge is 0.480 e. The van der Waals surface area contributed by atoms with Crippen molar-refractivity contribution in [3.05, 3.63) is 35.4 Å². The normalized spacial score (nSPS) is 9.85. The molecular weight excluding hydrogens is 264 g/mol. The van der Waals surface area contributed by atoms with Gasteiger partial charge in [-0.05, 0) is 18.1 Å². The molecule has 0 aliphatic carbocycles. The number of nitrogens with one attached hydrogen (secondary N) is 1. The van der Waals surface area contributed by atoms with Gasteiger partial charge in [-0.3, -0.25) is 9.59 Å². The molecule has 0 aliphatic heterocycles. The number of amides is 2. The van der Waals surface area contributed by atoms with Crippen LogP contribution < -0.4 is 5.32 Å². The predicted molar refractivity (Wildman–Crippen MR) is 70.3 cm³/mol. The van der Waals surface area contributed by atoms with Crippen LogP contribution in [0.2, 0.25) is 0 Å². The number of carbonyl (C=O) groups is 3. The second-order valence-electron chi connectivity index (χ2n) is 4.23. The predicted octanol–water partition coefficient (Wildman–Crippen LogP) is 0.676. The molecule has 0 atom stereocenters. The van der Waals surface area contributed by atoms with Gasteiger partial charge in [0.15, 0.2) is 0 Å². The van der Waals surface area contributed by atoms with Crippen LogP contribution in [-0.4, -0.2) is 46.2 Å². The highest BCUT2D eigenvalue weighted by Gasteiger charge is 2.19. The first-order chi connectivity index (χ1) is 9.40. The molecule has 1 rings (SSSR count). The summed E-state index contributed by atoms with van der Waals surface area (Å²) in [5, 5.41) is 19.8. The van der Waals surface area contributed by atoms with E-state index in [4.69, 9.17) is 10.2 Å². The number of nitrogens with zero attached hydrogens (tertiary/aromatic N) is 1. The maximum Gasteiger partial charge on any atom is 0.323 e. The molecule has 7 heteroatoms. The standard InChI is InChI=1S/C13H16N2O5/c1-9-4-2-3-5-10(9)6-14-13(20)15(7-11(16)17)8-12(18)19/h2-5H,6-8H2,1H3,(H,14,20)(H,16,17)(H,18,19). The second-order valence-corrected chi connectivity index (χ2v) is 4.23. The first-order valence-corrected chi connectivity index (χ1v) is 5.91. The number of hydrogen-bond acceptors (Lipinski definition) is 3. The van der Waals surface area contributed by atoms with Gasteiger partial charge < -0.3 is 20.4 Å². The molecule has 0 fully saturated rings. The van der Waals surface area contributed by atoms with Crippen molar-refractivity contribution in [1.82, 2.24) is 10.2 Å². The fourth-order valence-electron chi connectivity index (χ4n) is 1.62. The van der Waals surface area contributed by atoms with Gasteiger partial charge in [-0.2, -0.15) is 0 Å². The highest BCUT2D eigenvalue weighted by molar-refractivity contribution is 5.84. The van der Waals surface area contributed by atoms with Gasteiger partial charge in [0.05, 0.1) is 0 Å². The number of aliphatic carboxylic acids is 2. The van der Waals surface area contributed by atoms with Crippen LogP contribution in [-0.2, 0) is 16.1 Å². The number of carboxylic acids is 2. The van der Waals surface area contributed by atoms with Gasteiger partial charge in [0, 0.05) is 6.54 Å². The summed E-state index contributed by atoms with van der Waals surface area (Å²) >= 11 is 0. The third-order valence-corrected chi connectivity index (χ3v) is 2.63. The Kier molecular flexibility index (Phi) is 5.52. The Hall–Kier alpha value is -2.57. The summed E-state index contributed by atoms with van der Waals surface area (Å²) in [7, 11) is 0. The van der Waals surface area contributed by atoms with Crippen molar-refractivity contribution in [2.75, 3.05) is 13.1 Å². The van der Waals surface area contributed by atoms with Crippen molar-refractivity contribution >= 4 is 18.0 Å². The average molecular weight is 280 g/mol. The maximum atomic E-state index is 11.8. The van der Waals surface area contributed by atoms with E-state index < -0.39 is 31.1 Å². The van der Waals surface area contributed by atoms with E-state index in [1.54, 1.807) is 0 Å². The lowest BCUT2D eigenvalue weighted by Crippen LogP contribution is -2.45. The summed E-state index contributed by atoms with van der Waals surface area (Å²) in [5.74, 6) is -2.53. The second kappa shape index (κ2) is 7.13. The molecule has 0 saturated carbocycles. The van der Waals surface area contributed by atoms with E-state index in [2.05, 4.69) is 5.32 Å². The van der Waals surface area contributed by atoms with E-state index in [0.29, 0.717) is 0 Å². The van der Waals surface area contributed by atoms with Crippen LogP contribution in [0.4, 0.5) is 4.79 Å². The van der Waals surface area contributed by atoms with Crippen LogP contribution >= 0.6 is 0 Å². The Morgan fingerprint density at radius 2 is 1.65 bits per heavy atom. The van der Waals surface area contributed by atoms with Gasteiger partial charge in [-0.1, -0.05) is 24.3 Å². The zero-order valence-electron chi connectivity index (χ0n) is 11.0. The van der Waals surface area contributed by atoms with Crippen LogP contribution in [0.1, 0.15) is 11.1 Å². The summed E-state index contributed by atoms with van der Waals surface area (Å²) < 4.78 is 0. The summed E-state index contributed by atoms with van der Waals surface area (Å²) in [6.07, 6.45) is 0. The third kappa shape index (κ3) is 4.97. The number of hydrogen-bond donors (Lipinski definition) is 3. The minimum atomic E-state index is -1.27. The molecule has 0 spiro atoms. The van der Waals surface area contributed by atoms with Gasteiger partial charge in [-0.25, -0.2) is 4.79 Å². The van der Waals surface area contributed by atoms with Gasteiger partial charge >= 0.3 is 18.0 Å². The minimum Gasteiger partial charge on any atom is -0.480 e. The van der Waals surface area contributed by atoms with Crippen LogP contribution in [0.3, 0.4) is 0 Å². The quantitative estimate of drug-likeness (QED) is 0.710. The lowest BCUT2D eigenvalue weighted by atomic mass is 10.1. The van der Waals surface area contributed by atoms with Crippen LogP contribution in [0.25, 0.3) is 0 Å². The molecule has 108 valence electrons. The molecule has 0 heterocycles. The van der Waals surface area contributed by atoms with Crippen LogP contribution in [0.5, 0.6) is 0 Å². The summed E-state index contributed by atoms with van der Waals surface area (Å²) in [4.78, 5) is 33.7. The summed E-state index contributed by atoms with van der Waals surface area (Å²) in [5.41, 5.74) is 1.86. The molecule has 7 nitrogen and oxygen atoms in total. The number of benzene rings is 1. The van der Waals surface area contributed by atoms with Gasteiger partial charge in [0.1, 0.15) is 13.1 Å². The van der Waals surface area contributed by atoms with E-state index in [9.17, 15) is 14.4 Å². The van der Waals surface area contributed by atoms with Gasteiger partial charge in [0.2, 0.25) is 0 Å². The fourth-order valence-corrected chi connectivity index (χ4v) is 1.62. The molecule has 0 radical (unpaired) electrons. The molecular formula is C13H16N2O5. The fraction of sp³-hybridized carbons (Fsp3) is 0.308. The van der Waals surface area contributed by atoms with E-state index in [1.165, 1.54) is 0 Å². The topological polar surface area (TPSA) is 107 Å². The Labute approximate surface area is 115 Å². The Bertz CT molecular complexity index is 499. The molecule has 0 unspecified atom stereocenters. The Morgan fingerprint density at radius 3 is 2.15 bits per heavy atom. The van der Waals surface area contributed by atoms with Crippen LogP contribution in [0.15, 0.2) is 24.3 Å². The molecule has 2 amide bonds. The smallest absolute Gasteiger partial charge is 0.323 e. The monoisotopic (exact) mass is 280 g/mol. The molecule has 3 N–H and O–H groups in total. The van der Waals surface area contributed by atoms with E-state index >= 15 is 0 Å². The Balaban J connectivity index is 2.64. The van der Waals surface area contributed by atoms with Crippen LogP contribution in [0, 0.1) is 6.92 Å². The zero-order chi connectivity index (χ0) is 15.1. The lowest BCUT2D eigenvalue weighted by Gasteiger charge is -2.19.